The minimum absolute atomic E-state index is 0.399. The topological polar surface area (TPSA) is 99.7 Å². The minimum Gasteiger partial charge on any atom is -0.497 e. The lowest BCUT2D eigenvalue weighted by atomic mass is 10.1. The van der Waals surface area contributed by atoms with Gasteiger partial charge in [-0.05, 0) is 67.3 Å². The maximum absolute atomic E-state index is 12.1. The zero-order chi connectivity index (χ0) is 31.5. The molecule has 8 nitrogen and oxygen atoms in total. The summed E-state index contributed by atoms with van der Waals surface area (Å²) in [4.78, 5) is 31.0. The van der Waals surface area contributed by atoms with E-state index >= 15 is 0 Å². The number of nitrogens with zero attached hydrogens (tertiary/aromatic N) is 3. The molecule has 4 aromatic rings. The molecule has 8 heteroatoms. The van der Waals surface area contributed by atoms with E-state index in [9.17, 15) is 9.59 Å². The Morgan fingerprint density at radius 2 is 1.68 bits per heavy atom. The van der Waals surface area contributed by atoms with Gasteiger partial charge in [0.05, 0.1) is 18.5 Å². The highest BCUT2D eigenvalue weighted by molar-refractivity contribution is 5.94. The number of unbranched alkanes of at least 4 members (excludes halogenated alkanes) is 1. The van der Waals surface area contributed by atoms with Gasteiger partial charge < -0.3 is 19.8 Å². The van der Waals surface area contributed by atoms with E-state index in [1.54, 1.807) is 13.2 Å². The zero-order valence-electron chi connectivity index (χ0n) is 26.3. The molecule has 1 aromatic heterocycles. The highest BCUT2D eigenvalue weighted by atomic mass is 16.5. The lowest BCUT2D eigenvalue weighted by Gasteiger charge is -2.25. The Morgan fingerprint density at radius 3 is 2.34 bits per heavy atom. The number of rotatable bonds is 16. The van der Waals surface area contributed by atoms with Crippen molar-refractivity contribution in [2.45, 2.75) is 66.1 Å². The number of esters is 1. The van der Waals surface area contributed by atoms with Crippen molar-refractivity contribution in [3.8, 4) is 34.1 Å². The van der Waals surface area contributed by atoms with Crippen molar-refractivity contribution in [2.24, 2.45) is 11.7 Å². The second kappa shape index (κ2) is 15.9. The maximum Gasteiger partial charge on any atom is 0.320 e. The van der Waals surface area contributed by atoms with Crippen molar-refractivity contribution in [1.82, 2.24) is 14.5 Å². The van der Waals surface area contributed by atoms with Crippen LogP contribution in [0.25, 0.3) is 22.6 Å². The van der Waals surface area contributed by atoms with Crippen molar-refractivity contribution in [3.05, 3.63) is 90.1 Å². The van der Waals surface area contributed by atoms with Crippen LogP contribution in [0.4, 0.5) is 0 Å². The molecule has 1 heterocycles. The van der Waals surface area contributed by atoms with Crippen LogP contribution in [0.3, 0.4) is 0 Å². The van der Waals surface area contributed by atoms with Gasteiger partial charge in [0.15, 0.2) is 0 Å². The summed E-state index contributed by atoms with van der Waals surface area (Å²) in [6.07, 6.45) is 2.68. The first-order valence-electron chi connectivity index (χ1n) is 15.4. The van der Waals surface area contributed by atoms with Crippen LogP contribution in [0.1, 0.15) is 57.7 Å². The van der Waals surface area contributed by atoms with Crippen LogP contribution in [-0.4, -0.2) is 40.0 Å². The van der Waals surface area contributed by atoms with Crippen molar-refractivity contribution in [2.75, 3.05) is 13.7 Å². The third kappa shape index (κ3) is 9.04. The van der Waals surface area contributed by atoms with Gasteiger partial charge in [-0.15, -0.1) is 0 Å². The molecular weight excluding hydrogens is 552 g/mol. The summed E-state index contributed by atoms with van der Waals surface area (Å²) in [6, 6.07) is 26.0. The van der Waals surface area contributed by atoms with Crippen molar-refractivity contribution in [1.29, 1.82) is 0 Å². The average Bonchev–Trinajstić information content (AvgIpc) is 3.36. The van der Waals surface area contributed by atoms with Gasteiger partial charge in [-0.1, -0.05) is 69.7 Å². The molecule has 0 fully saturated rings. The van der Waals surface area contributed by atoms with Gasteiger partial charge in [-0.25, -0.2) is 4.98 Å². The van der Waals surface area contributed by atoms with Gasteiger partial charge in [0.2, 0.25) is 5.91 Å². The van der Waals surface area contributed by atoms with Gasteiger partial charge in [-0.2, -0.15) is 0 Å². The molecule has 44 heavy (non-hydrogen) atoms. The number of ether oxygens (including phenoxy) is 2. The Kier molecular flexibility index (Phi) is 11.7. The standard InChI is InChI=1S/C36H44N4O4/c1-5-6-20-40-32(35(28-15-17-30(43-4)18-16-28)38-36(40)29-12-8-7-9-13-29)25-39(21-19-26(2)3)24-27-11-10-14-31(22-27)44-34(42)23-33(37)41/h7-18,22,26H,5-6,19-21,23-25H2,1-4H3,(H2,37,41). The molecule has 0 atom stereocenters. The molecule has 0 bridgehead atoms. The van der Waals surface area contributed by atoms with E-state index in [-0.39, 0.29) is 0 Å². The molecule has 232 valence electrons. The molecule has 4 rings (SSSR count). The number of carbonyl (C=O) groups is 2. The third-order valence-electron chi connectivity index (χ3n) is 7.45. The number of hydrogen-bond donors (Lipinski definition) is 1. The summed E-state index contributed by atoms with van der Waals surface area (Å²) >= 11 is 0. The SMILES string of the molecule is CCCCn1c(-c2ccccc2)nc(-c2ccc(OC)cc2)c1CN(CCC(C)C)Cc1cccc(OC(=O)CC(N)=O)c1. The lowest BCUT2D eigenvalue weighted by Crippen LogP contribution is -2.27. The van der Waals surface area contributed by atoms with E-state index in [4.69, 9.17) is 20.2 Å². The summed E-state index contributed by atoms with van der Waals surface area (Å²) < 4.78 is 13.2. The number of hydrogen-bond acceptors (Lipinski definition) is 6. The number of primary amides is 1. The summed E-state index contributed by atoms with van der Waals surface area (Å²) in [7, 11) is 1.67. The molecule has 0 radical (unpaired) electrons. The van der Waals surface area contributed by atoms with E-state index in [2.05, 4.69) is 66.6 Å². The number of aromatic nitrogens is 2. The van der Waals surface area contributed by atoms with Crippen molar-refractivity contribution in [3.63, 3.8) is 0 Å². The van der Waals surface area contributed by atoms with Crippen molar-refractivity contribution < 1.29 is 19.1 Å². The molecule has 0 spiro atoms. The number of nitrogens with two attached hydrogens (primary N) is 1. The van der Waals surface area contributed by atoms with Crippen LogP contribution >= 0.6 is 0 Å². The molecule has 3 aromatic carbocycles. The quantitative estimate of drug-likeness (QED) is 0.0862. The molecular formula is C36H44N4O4. The summed E-state index contributed by atoms with van der Waals surface area (Å²) in [5.41, 5.74) is 10.4. The molecule has 1 amide bonds. The van der Waals surface area contributed by atoms with E-state index in [0.29, 0.717) is 24.8 Å². The maximum atomic E-state index is 12.1. The van der Waals surface area contributed by atoms with Crippen LogP contribution in [-0.2, 0) is 29.2 Å². The highest BCUT2D eigenvalue weighted by Crippen LogP contribution is 2.32. The van der Waals surface area contributed by atoms with Gasteiger partial charge in [0.1, 0.15) is 23.7 Å². The van der Waals surface area contributed by atoms with E-state index in [1.807, 2.05) is 36.4 Å². The van der Waals surface area contributed by atoms with Gasteiger partial charge in [0.25, 0.3) is 0 Å². The first-order chi connectivity index (χ1) is 21.3. The normalized spacial score (nSPS) is 11.2. The van der Waals surface area contributed by atoms with Crippen LogP contribution in [0.2, 0.25) is 0 Å². The first-order valence-corrected chi connectivity index (χ1v) is 15.4. The zero-order valence-corrected chi connectivity index (χ0v) is 26.3. The van der Waals surface area contributed by atoms with E-state index < -0.39 is 18.3 Å². The largest absolute Gasteiger partial charge is 0.497 e. The smallest absolute Gasteiger partial charge is 0.320 e. The Morgan fingerprint density at radius 1 is 0.932 bits per heavy atom. The Balaban J connectivity index is 1.75. The molecule has 0 saturated carbocycles. The second-order valence-electron chi connectivity index (χ2n) is 11.5. The molecule has 0 aliphatic carbocycles. The fourth-order valence-electron chi connectivity index (χ4n) is 5.13. The molecule has 0 unspecified atom stereocenters. The van der Waals surface area contributed by atoms with Crippen molar-refractivity contribution >= 4 is 11.9 Å². The third-order valence-corrected chi connectivity index (χ3v) is 7.45. The van der Waals surface area contributed by atoms with Crippen LogP contribution < -0.4 is 15.2 Å². The monoisotopic (exact) mass is 596 g/mol. The van der Waals surface area contributed by atoms with Crippen LogP contribution in [0, 0.1) is 5.92 Å². The predicted molar refractivity (Wildman–Crippen MR) is 174 cm³/mol. The number of benzene rings is 3. The lowest BCUT2D eigenvalue weighted by molar-refractivity contribution is -0.137. The fraction of sp³-hybridized carbons (Fsp3) is 0.361. The summed E-state index contributed by atoms with van der Waals surface area (Å²) in [6.45, 7) is 9.76. The number of carbonyl (C=O) groups excluding carboxylic acids is 2. The molecule has 2 N–H and O–H groups in total. The number of amides is 1. The number of imidazole rings is 1. The van der Waals surface area contributed by atoms with Gasteiger partial charge in [-0.3, -0.25) is 14.5 Å². The van der Waals surface area contributed by atoms with E-state index in [0.717, 1.165) is 72.0 Å². The fourth-order valence-corrected chi connectivity index (χ4v) is 5.13. The second-order valence-corrected chi connectivity index (χ2v) is 11.5. The average molecular weight is 597 g/mol. The summed E-state index contributed by atoms with van der Waals surface area (Å²) in [5.74, 6) is 1.32. The van der Waals surface area contributed by atoms with E-state index in [1.165, 1.54) is 0 Å². The van der Waals surface area contributed by atoms with Crippen LogP contribution in [0.5, 0.6) is 11.5 Å². The molecule has 0 aliphatic heterocycles. The number of methoxy groups -OCH3 is 1. The Bertz CT molecular complexity index is 1510. The first kappa shape index (κ1) is 32.5. The van der Waals surface area contributed by atoms with Gasteiger partial charge >= 0.3 is 5.97 Å². The van der Waals surface area contributed by atoms with Crippen LogP contribution in [0.15, 0.2) is 78.9 Å². The Hall–Kier alpha value is -4.43. The molecule has 0 aliphatic rings. The minimum atomic E-state index is -0.715. The molecule has 0 saturated heterocycles. The predicted octanol–water partition coefficient (Wildman–Crippen LogP) is 6.85. The Labute approximate surface area is 260 Å². The van der Waals surface area contributed by atoms with Gasteiger partial charge in [0, 0.05) is 30.8 Å². The highest BCUT2D eigenvalue weighted by Gasteiger charge is 2.22. The summed E-state index contributed by atoms with van der Waals surface area (Å²) in [5, 5.41) is 0.